The number of nitrogens with one attached hydrogen (secondary N) is 2. The van der Waals surface area contributed by atoms with Crippen LogP contribution in [0.1, 0.15) is 31.9 Å². The Balaban J connectivity index is 2.46. The normalized spacial score (nSPS) is 13.9. The second-order valence-corrected chi connectivity index (χ2v) is 4.40. The van der Waals surface area contributed by atoms with Crippen LogP contribution in [0.5, 0.6) is 0 Å². The molecule has 0 bridgehead atoms. The lowest BCUT2D eigenvalue weighted by molar-refractivity contribution is -0.121. The van der Waals surface area contributed by atoms with Crippen LogP contribution < -0.4 is 10.6 Å². The number of rotatable bonds is 7. The summed E-state index contributed by atoms with van der Waals surface area (Å²) in [7, 11) is 0. The number of hydrogen-bond acceptors (Lipinski definition) is 3. The zero-order valence-corrected chi connectivity index (χ0v) is 11.0. The summed E-state index contributed by atoms with van der Waals surface area (Å²) in [5.74, 6) is -0.0989. The Labute approximate surface area is 108 Å². The van der Waals surface area contributed by atoms with Crippen molar-refractivity contribution in [2.45, 2.75) is 32.4 Å². The van der Waals surface area contributed by atoms with Crippen LogP contribution in [0, 0.1) is 0 Å². The Morgan fingerprint density at radius 2 is 2.00 bits per heavy atom. The minimum atomic E-state index is -0.336. The van der Waals surface area contributed by atoms with Gasteiger partial charge in [0.15, 0.2) is 0 Å². The topological polar surface area (TPSA) is 61.4 Å². The Kier molecular flexibility index (Phi) is 6.39. The van der Waals surface area contributed by atoms with Gasteiger partial charge < -0.3 is 15.7 Å². The van der Waals surface area contributed by atoms with Crippen molar-refractivity contribution in [2.24, 2.45) is 0 Å². The third kappa shape index (κ3) is 4.85. The van der Waals surface area contributed by atoms with Gasteiger partial charge in [0, 0.05) is 6.04 Å². The maximum Gasteiger partial charge on any atom is 0.234 e. The molecule has 2 atom stereocenters. The Bertz CT molecular complexity index is 354. The first-order valence-electron chi connectivity index (χ1n) is 6.36. The van der Waals surface area contributed by atoms with Crippen molar-refractivity contribution in [2.75, 3.05) is 13.2 Å². The van der Waals surface area contributed by atoms with Crippen LogP contribution in [0.3, 0.4) is 0 Å². The van der Waals surface area contributed by atoms with E-state index < -0.39 is 0 Å². The number of hydrogen-bond donors (Lipinski definition) is 3. The third-order valence-corrected chi connectivity index (χ3v) is 2.94. The van der Waals surface area contributed by atoms with E-state index >= 15 is 0 Å². The summed E-state index contributed by atoms with van der Waals surface area (Å²) in [5.41, 5.74) is 0.914. The number of aliphatic hydroxyl groups is 1. The molecule has 4 heteroatoms. The van der Waals surface area contributed by atoms with Crippen molar-refractivity contribution < 1.29 is 9.90 Å². The highest BCUT2D eigenvalue weighted by atomic mass is 16.3. The molecule has 0 fully saturated rings. The van der Waals surface area contributed by atoms with Crippen LogP contribution in [-0.4, -0.2) is 30.2 Å². The summed E-state index contributed by atoms with van der Waals surface area (Å²) >= 11 is 0. The van der Waals surface area contributed by atoms with Gasteiger partial charge in [-0.25, -0.2) is 0 Å². The first-order valence-corrected chi connectivity index (χ1v) is 6.36. The zero-order valence-electron chi connectivity index (χ0n) is 11.0. The molecule has 0 aliphatic rings. The lowest BCUT2D eigenvalue weighted by Gasteiger charge is -2.18. The van der Waals surface area contributed by atoms with Gasteiger partial charge in [-0.05, 0) is 18.9 Å². The van der Waals surface area contributed by atoms with E-state index in [0.717, 1.165) is 12.0 Å². The fourth-order valence-corrected chi connectivity index (χ4v) is 1.58. The van der Waals surface area contributed by atoms with Gasteiger partial charge >= 0.3 is 0 Å². The van der Waals surface area contributed by atoms with Crippen LogP contribution in [0.4, 0.5) is 0 Å². The summed E-state index contributed by atoms with van der Waals surface area (Å²) in [6.45, 7) is 4.28. The minimum absolute atomic E-state index is 0.0981. The van der Waals surface area contributed by atoms with Crippen molar-refractivity contribution in [3.05, 3.63) is 35.9 Å². The summed E-state index contributed by atoms with van der Waals surface area (Å²) in [5, 5.41) is 15.2. The summed E-state index contributed by atoms with van der Waals surface area (Å²) < 4.78 is 0. The monoisotopic (exact) mass is 250 g/mol. The number of carbonyl (C=O) groups is 1. The first kappa shape index (κ1) is 14.7. The predicted molar refractivity (Wildman–Crippen MR) is 72.2 cm³/mol. The summed E-state index contributed by atoms with van der Waals surface area (Å²) in [6, 6.07) is 9.46. The molecule has 1 amide bonds. The lowest BCUT2D eigenvalue weighted by atomic mass is 10.1. The third-order valence-electron chi connectivity index (χ3n) is 2.94. The largest absolute Gasteiger partial charge is 0.394 e. The quantitative estimate of drug-likeness (QED) is 0.682. The molecule has 1 rings (SSSR count). The van der Waals surface area contributed by atoms with Crippen molar-refractivity contribution in [3.63, 3.8) is 0 Å². The molecule has 1 aromatic carbocycles. The van der Waals surface area contributed by atoms with Gasteiger partial charge in [0.2, 0.25) is 5.91 Å². The standard InChI is InChI=1S/C14H22N2O2/c1-3-11(2)15-9-14(18)16-13(10-17)12-7-5-4-6-8-12/h4-8,11,13,15,17H,3,9-10H2,1-2H3,(H,16,18)/t11?,13-/m1/s1. The van der Waals surface area contributed by atoms with Crippen molar-refractivity contribution >= 4 is 5.91 Å². The highest BCUT2D eigenvalue weighted by Gasteiger charge is 2.13. The molecule has 4 nitrogen and oxygen atoms in total. The van der Waals surface area contributed by atoms with Gasteiger partial charge in [0.1, 0.15) is 0 Å². The van der Waals surface area contributed by atoms with E-state index in [4.69, 9.17) is 0 Å². The molecule has 0 aliphatic heterocycles. The van der Waals surface area contributed by atoms with Crippen molar-refractivity contribution in [1.29, 1.82) is 0 Å². The highest BCUT2D eigenvalue weighted by Crippen LogP contribution is 2.10. The zero-order chi connectivity index (χ0) is 13.4. The van der Waals surface area contributed by atoms with E-state index in [1.807, 2.05) is 37.3 Å². The highest BCUT2D eigenvalue weighted by molar-refractivity contribution is 5.78. The molecule has 18 heavy (non-hydrogen) atoms. The van der Waals surface area contributed by atoms with Crippen molar-refractivity contribution in [3.8, 4) is 0 Å². The maximum absolute atomic E-state index is 11.7. The lowest BCUT2D eigenvalue weighted by Crippen LogP contribution is -2.40. The molecule has 1 unspecified atom stereocenters. The molecule has 100 valence electrons. The molecule has 0 radical (unpaired) electrons. The molecule has 0 aromatic heterocycles. The molecule has 1 aromatic rings. The van der Waals surface area contributed by atoms with Gasteiger partial charge in [-0.1, -0.05) is 37.3 Å². The molecular formula is C14H22N2O2. The van der Waals surface area contributed by atoms with Gasteiger partial charge in [-0.2, -0.15) is 0 Å². The fraction of sp³-hybridized carbons (Fsp3) is 0.500. The number of benzene rings is 1. The van der Waals surface area contributed by atoms with Gasteiger partial charge in [0.25, 0.3) is 0 Å². The van der Waals surface area contributed by atoms with Crippen LogP contribution in [0.2, 0.25) is 0 Å². The van der Waals surface area contributed by atoms with E-state index in [1.165, 1.54) is 0 Å². The average molecular weight is 250 g/mol. The van der Waals surface area contributed by atoms with Crippen LogP contribution in [-0.2, 0) is 4.79 Å². The molecule has 0 aliphatic carbocycles. The fourth-order valence-electron chi connectivity index (χ4n) is 1.58. The maximum atomic E-state index is 11.7. The van der Waals surface area contributed by atoms with E-state index in [9.17, 15) is 9.90 Å². The van der Waals surface area contributed by atoms with Crippen LogP contribution in [0.15, 0.2) is 30.3 Å². The minimum Gasteiger partial charge on any atom is -0.394 e. The Morgan fingerprint density at radius 3 is 2.56 bits per heavy atom. The predicted octanol–water partition coefficient (Wildman–Crippen LogP) is 1.22. The first-order chi connectivity index (χ1) is 8.67. The second-order valence-electron chi connectivity index (χ2n) is 4.40. The Hall–Kier alpha value is -1.39. The molecule has 0 heterocycles. The SMILES string of the molecule is CCC(C)NCC(=O)N[C@H](CO)c1ccccc1. The molecule has 0 saturated heterocycles. The van der Waals surface area contributed by atoms with Gasteiger partial charge in [0.05, 0.1) is 19.2 Å². The number of carbonyl (C=O) groups excluding carboxylic acids is 1. The van der Waals surface area contributed by atoms with E-state index in [-0.39, 0.29) is 25.1 Å². The van der Waals surface area contributed by atoms with E-state index in [1.54, 1.807) is 0 Å². The second kappa shape index (κ2) is 7.84. The Morgan fingerprint density at radius 1 is 1.33 bits per heavy atom. The van der Waals surface area contributed by atoms with E-state index in [2.05, 4.69) is 17.6 Å². The van der Waals surface area contributed by atoms with Crippen LogP contribution in [0.25, 0.3) is 0 Å². The van der Waals surface area contributed by atoms with E-state index in [0.29, 0.717) is 6.04 Å². The average Bonchev–Trinajstić information content (AvgIpc) is 2.43. The van der Waals surface area contributed by atoms with Crippen LogP contribution >= 0.6 is 0 Å². The molecule has 0 spiro atoms. The van der Waals surface area contributed by atoms with Gasteiger partial charge in [-0.3, -0.25) is 4.79 Å². The number of amides is 1. The number of aliphatic hydroxyl groups excluding tert-OH is 1. The summed E-state index contributed by atoms with van der Waals surface area (Å²) in [4.78, 5) is 11.7. The molecule has 0 saturated carbocycles. The van der Waals surface area contributed by atoms with Gasteiger partial charge in [-0.15, -0.1) is 0 Å². The van der Waals surface area contributed by atoms with Crippen molar-refractivity contribution in [1.82, 2.24) is 10.6 Å². The molecule has 3 N–H and O–H groups in total. The summed E-state index contributed by atoms with van der Waals surface area (Å²) in [6.07, 6.45) is 0.982. The smallest absolute Gasteiger partial charge is 0.234 e. The molecular weight excluding hydrogens is 228 g/mol.